The van der Waals surface area contributed by atoms with Crippen molar-refractivity contribution in [3.05, 3.63) is 0 Å². The Morgan fingerprint density at radius 3 is 2.62 bits per heavy atom. The van der Waals surface area contributed by atoms with Crippen LogP contribution in [0.1, 0.15) is 32.1 Å². The van der Waals surface area contributed by atoms with E-state index in [2.05, 4.69) is 10.2 Å². The maximum atomic E-state index is 12.0. The van der Waals surface area contributed by atoms with Crippen molar-refractivity contribution < 1.29 is 14.3 Å². The molecule has 1 aliphatic heterocycles. The average molecular weight is 299 g/mol. The lowest BCUT2D eigenvalue weighted by Gasteiger charge is -2.48. The molecular formula is C15H29N3O3. The molecule has 0 aromatic heterocycles. The standard InChI is InChI=1S/C15H29N3O3/c1-20-11-13(16)14(19)17-12-15(5-3-2-4-6-15)18-7-9-21-10-8-18/h13H,2-12,16H2,1H3,(H,17,19). The van der Waals surface area contributed by atoms with Crippen LogP contribution in [0.15, 0.2) is 0 Å². The van der Waals surface area contributed by atoms with E-state index < -0.39 is 6.04 Å². The Morgan fingerprint density at radius 1 is 1.33 bits per heavy atom. The highest BCUT2D eigenvalue weighted by Gasteiger charge is 2.39. The number of hydrogen-bond donors (Lipinski definition) is 2. The van der Waals surface area contributed by atoms with Crippen molar-refractivity contribution in [2.45, 2.75) is 43.7 Å². The van der Waals surface area contributed by atoms with E-state index in [1.165, 1.54) is 19.3 Å². The van der Waals surface area contributed by atoms with Crippen LogP contribution >= 0.6 is 0 Å². The van der Waals surface area contributed by atoms with Crippen molar-refractivity contribution in [3.63, 3.8) is 0 Å². The topological polar surface area (TPSA) is 76.8 Å². The number of carbonyl (C=O) groups is 1. The highest BCUT2D eigenvalue weighted by molar-refractivity contribution is 5.81. The summed E-state index contributed by atoms with van der Waals surface area (Å²) in [6, 6.07) is -0.583. The molecular weight excluding hydrogens is 270 g/mol. The van der Waals surface area contributed by atoms with Gasteiger partial charge in [0, 0.05) is 32.3 Å². The molecule has 2 aliphatic rings. The van der Waals surface area contributed by atoms with Gasteiger partial charge >= 0.3 is 0 Å². The minimum absolute atomic E-state index is 0.0878. The molecule has 2 rings (SSSR count). The lowest BCUT2D eigenvalue weighted by molar-refractivity contribution is -0.124. The first-order valence-corrected chi connectivity index (χ1v) is 8.03. The van der Waals surface area contributed by atoms with E-state index in [0.717, 1.165) is 39.1 Å². The van der Waals surface area contributed by atoms with Gasteiger partial charge in [0.05, 0.1) is 19.8 Å². The highest BCUT2D eigenvalue weighted by Crippen LogP contribution is 2.33. The minimum atomic E-state index is -0.583. The van der Waals surface area contributed by atoms with Crippen molar-refractivity contribution in [2.24, 2.45) is 5.73 Å². The molecule has 21 heavy (non-hydrogen) atoms. The van der Waals surface area contributed by atoms with E-state index >= 15 is 0 Å². The Kier molecular flexibility index (Phi) is 6.41. The first-order chi connectivity index (χ1) is 10.2. The van der Waals surface area contributed by atoms with E-state index in [1.807, 2.05) is 0 Å². The van der Waals surface area contributed by atoms with Gasteiger partial charge in [-0.2, -0.15) is 0 Å². The third-order valence-electron chi connectivity index (χ3n) is 4.74. The maximum Gasteiger partial charge on any atom is 0.239 e. The largest absolute Gasteiger partial charge is 0.383 e. The first-order valence-electron chi connectivity index (χ1n) is 8.03. The highest BCUT2D eigenvalue weighted by atomic mass is 16.5. The fourth-order valence-electron chi connectivity index (χ4n) is 3.49. The van der Waals surface area contributed by atoms with Crippen LogP contribution in [-0.4, -0.2) is 69.0 Å². The second-order valence-electron chi connectivity index (χ2n) is 6.16. The van der Waals surface area contributed by atoms with Gasteiger partial charge < -0.3 is 20.5 Å². The number of rotatable bonds is 6. The van der Waals surface area contributed by atoms with Gasteiger partial charge in [0.15, 0.2) is 0 Å². The van der Waals surface area contributed by atoms with Crippen molar-refractivity contribution in [1.82, 2.24) is 10.2 Å². The normalized spacial score (nSPS) is 24.5. The molecule has 2 fully saturated rings. The molecule has 1 heterocycles. The van der Waals surface area contributed by atoms with Crippen molar-refractivity contribution in [3.8, 4) is 0 Å². The fourth-order valence-corrected chi connectivity index (χ4v) is 3.49. The van der Waals surface area contributed by atoms with E-state index in [-0.39, 0.29) is 18.1 Å². The fraction of sp³-hybridized carbons (Fsp3) is 0.933. The van der Waals surface area contributed by atoms with Crippen molar-refractivity contribution in [1.29, 1.82) is 0 Å². The summed E-state index contributed by atoms with van der Waals surface area (Å²) in [7, 11) is 1.56. The Balaban J connectivity index is 1.94. The molecule has 1 atom stereocenters. The molecule has 1 saturated heterocycles. The van der Waals surface area contributed by atoms with Gasteiger partial charge in [0.2, 0.25) is 5.91 Å². The van der Waals surface area contributed by atoms with Crippen LogP contribution in [-0.2, 0) is 14.3 Å². The predicted octanol–water partition coefficient (Wildman–Crippen LogP) is 0.111. The van der Waals surface area contributed by atoms with E-state index in [9.17, 15) is 4.79 Å². The van der Waals surface area contributed by atoms with Gasteiger partial charge in [-0.3, -0.25) is 9.69 Å². The number of ether oxygens (including phenoxy) is 2. The molecule has 1 aliphatic carbocycles. The molecule has 122 valence electrons. The Labute approximate surface area is 127 Å². The zero-order valence-electron chi connectivity index (χ0n) is 13.1. The third-order valence-corrected chi connectivity index (χ3v) is 4.74. The molecule has 0 radical (unpaired) electrons. The summed E-state index contributed by atoms with van der Waals surface area (Å²) in [6.45, 7) is 4.44. The summed E-state index contributed by atoms with van der Waals surface area (Å²) in [5.41, 5.74) is 5.88. The smallest absolute Gasteiger partial charge is 0.239 e. The van der Waals surface area contributed by atoms with Crippen LogP contribution < -0.4 is 11.1 Å². The van der Waals surface area contributed by atoms with Crippen LogP contribution in [0, 0.1) is 0 Å². The summed E-state index contributed by atoms with van der Waals surface area (Å²) in [5.74, 6) is -0.116. The molecule has 1 amide bonds. The lowest BCUT2D eigenvalue weighted by atomic mass is 9.79. The Hall–Kier alpha value is -0.690. The first kappa shape index (κ1) is 16.7. The predicted molar refractivity (Wildman–Crippen MR) is 81.1 cm³/mol. The Bertz CT molecular complexity index is 326. The number of nitrogens with zero attached hydrogens (tertiary/aromatic N) is 1. The van der Waals surface area contributed by atoms with Crippen molar-refractivity contribution in [2.75, 3.05) is 46.6 Å². The molecule has 1 saturated carbocycles. The summed E-state index contributed by atoms with van der Waals surface area (Å²) in [6.07, 6.45) is 6.05. The molecule has 6 nitrogen and oxygen atoms in total. The van der Waals surface area contributed by atoms with Crippen LogP contribution in [0.3, 0.4) is 0 Å². The molecule has 0 aromatic rings. The number of morpholine rings is 1. The van der Waals surface area contributed by atoms with E-state index in [1.54, 1.807) is 7.11 Å². The number of methoxy groups -OCH3 is 1. The number of nitrogens with one attached hydrogen (secondary N) is 1. The zero-order valence-corrected chi connectivity index (χ0v) is 13.1. The Morgan fingerprint density at radius 2 is 2.00 bits per heavy atom. The second-order valence-corrected chi connectivity index (χ2v) is 6.16. The van der Waals surface area contributed by atoms with Crippen LogP contribution in [0.2, 0.25) is 0 Å². The molecule has 0 aromatic carbocycles. The summed E-state index contributed by atoms with van der Waals surface area (Å²) >= 11 is 0. The molecule has 0 bridgehead atoms. The lowest BCUT2D eigenvalue weighted by Crippen LogP contribution is -2.60. The maximum absolute atomic E-state index is 12.0. The van der Waals surface area contributed by atoms with E-state index in [0.29, 0.717) is 6.54 Å². The van der Waals surface area contributed by atoms with Crippen LogP contribution in [0.5, 0.6) is 0 Å². The minimum Gasteiger partial charge on any atom is -0.383 e. The summed E-state index contributed by atoms with van der Waals surface area (Å²) in [4.78, 5) is 14.6. The molecule has 0 spiro atoms. The van der Waals surface area contributed by atoms with Gasteiger partial charge in [0.25, 0.3) is 0 Å². The second kappa shape index (κ2) is 8.08. The molecule has 6 heteroatoms. The third kappa shape index (κ3) is 4.39. The summed E-state index contributed by atoms with van der Waals surface area (Å²) in [5, 5.41) is 3.05. The zero-order chi connectivity index (χ0) is 15.1. The van der Waals surface area contributed by atoms with Crippen LogP contribution in [0.4, 0.5) is 0 Å². The SMILES string of the molecule is COCC(N)C(=O)NCC1(N2CCOCC2)CCCCC1. The molecule has 1 unspecified atom stereocenters. The van der Waals surface area contributed by atoms with Gasteiger partial charge in [-0.05, 0) is 12.8 Å². The van der Waals surface area contributed by atoms with Gasteiger partial charge in [-0.15, -0.1) is 0 Å². The number of nitrogens with two attached hydrogens (primary N) is 1. The monoisotopic (exact) mass is 299 g/mol. The van der Waals surface area contributed by atoms with E-state index in [4.69, 9.17) is 15.2 Å². The number of carbonyl (C=O) groups excluding carboxylic acids is 1. The van der Waals surface area contributed by atoms with Gasteiger partial charge in [-0.1, -0.05) is 19.3 Å². The van der Waals surface area contributed by atoms with Gasteiger partial charge in [-0.25, -0.2) is 0 Å². The number of amides is 1. The van der Waals surface area contributed by atoms with Crippen LogP contribution in [0.25, 0.3) is 0 Å². The summed E-state index contributed by atoms with van der Waals surface area (Å²) < 4.78 is 10.4. The molecule has 3 N–H and O–H groups in total. The quantitative estimate of drug-likeness (QED) is 0.728. The van der Waals surface area contributed by atoms with Gasteiger partial charge in [0.1, 0.15) is 6.04 Å². The average Bonchev–Trinajstić information content (AvgIpc) is 2.54. The number of hydrogen-bond acceptors (Lipinski definition) is 5. The van der Waals surface area contributed by atoms with Crippen molar-refractivity contribution >= 4 is 5.91 Å².